The number of carboxylic acids is 1. The van der Waals surface area contributed by atoms with Gasteiger partial charge in [-0.25, -0.2) is 4.79 Å². The number of rotatable bonds is 3. The van der Waals surface area contributed by atoms with Crippen LogP contribution in [0.1, 0.15) is 32.9 Å². The number of H-pyrrole nitrogens is 1. The number of nitrogens with zero attached hydrogens (tertiary/aromatic N) is 1. The lowest BCUT2D eigenvalue weighted by molar-refractivity contribution is -0.387. The Bertz CT molecular complexity index is 990. The number of hydrogen-bond acceptors (Lipinski definition) is 4. The van der Waals surface area contributed by atoms with Crippen LogP contribution >= 0.6 is 0 Å². The summed E-state index contributed by atoms with van der Waals surface area (Å²) in [5.74, 6) is -2.71. The van der Waals surface area contributed by atoms with Crippen LogP contribution in [-0.2, 0) is 4.79 Å². The van der Waals surface area contributed by atoms with Gasteiger partial charge in [0.25, 0.3) is 5.91 Å². The molecule has 3 rings (SSSR count). The number of aromatic nitrogens is 1. The number of carbonyl (C=O) groups excluding carboxylic acids is 1. The van der Waals surface area contributed by atoms with Gasteiger partial charge >= 0.3 is 11.7 Å². The minimum atomic E-state index is -1.11. The van der Waals surface area contributed by atoms with E-state index in [0.29, 0.717) is 17.0 Å². The quantitative estimate of drug-likeness (QED) is 0.448. The van der Waals surface area contributed by atoms with Crippen molar-refractivity contribution in [3.8, 4) is 0 Å². The molecule has 0 atom stereocenters. The molecular formula is C16H12FN3O5. The topological polar surface area (TPSA) is 125 Å². The van der Waals surface area contributed by atoms with Gasteiger partial charge in [0, 0.05) is 29.1 Å². The Hall–Kier alpha value is -3.49. The smallest absolute Gasteiger partial charge is 0.337 e. The summed E-state index contributed by atoms with van der Waals surface area (Å²) in [5, 5.41) is 22.6. The maximum atomic E-state index is 13.7. The minimum absolute atomic E-state index is 0.0828. The molecule has 1 amide bonds. The predicted molar refractivity (Wildman–Crippen MR) is 86.8 cm³/mol. The van der Waals surface area contributed by atoms with E-state index in [0.717, 1.165) is 12.1 Å². The number of halogens is 1. The van der Waals surface area contributed by atoms with Crippen molar-refractivity contribution in [1.29, 1.82) is 0 Å². The van der Waals surface area contributed by atoms with Crippen LogP contribution in [0.2, 0.25) is 0 Å². The van der Waals surface area contributed by atoms with E-state index in [-0.39, 0.29) is 22.4 Å². The first kappa shape index (κ1) is 16.4. The van der Waals surface area contributed by atoms with Crippen molar-refractivity contribution in [3.63, 3.8) is 0 Å². The molecule has 0 radical (unpaired) electrons. The van der Waals surface area contributed by atoms with E-state index in [9.17, 15) is 29.2 Å². The number of aromatic carboxylic acids is 1. The van der Waals surface area contributed by atoms with Crippen LogP contribution in [0, 0.1) is 29.8 Å². The molecule has 3 N–H and O–H groups in total. The third kappa shape index (κ3) is 2.55. The third-order valence-corrected chi connectivity index (χ3v) is 4.05. The average Bonchev–Trinajstić information content (AvgIpc) is 2.95. The van der Waals surface area contributed by atoms with Crippen molar-refractivity contribution in [2.24, 2.45) is 0 Å². The van der Waals surface area contributed by atoms with Gasteiger partial charge in [0.1, 0.15) is 0 Å². The Morgan fingerprint density at radius 1 is 1.36 bits per heavy atom. The maximum absolute atomic E-state index is 13.7. The molecule has 1 aliphatic rings. The van der Waals surface area contributed by atoms with Crippen LogP contribution in [-0.4, -0.2) is 26.9 Å². The van der Waals surface area contributed by atoms with E-state index in [4.69, 9.17) is 0 Å². The van der Waals surface area contributed by atoms with Crippen LogP contribution in [0.3, 0.4) is 0 Å². The Kier molecular flexibility index (Phi) is 3.63. The number of benzene rings is 1. The lowest BCUT2D eigenvalue weighted by Gasteiger charge is -2.00. The van der Waals surface area contributed by atoms with Crippen LogP contribution in [0.15, 0.2) is 12.1 Å². The molecule has 0 unspecified atom stereocenters. The first-order valence-corrected chi connectivity index (χ1v) is 7.14. The van der Waals surface area contributed by atoms with E-state index >= 15 is 0 Å². The number of hydrogen-bond donors (Lipinski definition) is 3. The number of nitro groups is 1. The molecule has 2 heterocycles. The van der Waals surface area contributed by atoms with Gasteiger partial charge in [-0.2, -0.15) is 4.39 Å². The molecule has 0 aliphatic carbocycles. The molecule has 0 fully saturated rings. The summed E-state index contributed by atoms with van der Waals surface area (Å²) in [7, 11) is 0. The molecule has 0 spiro atoms. The van der Waals surface area contributed by atoms with Crippen molar-refractivity contribution >= 4 is 34.9 Å². The average molecular weight is 345 g/mol. The van der Waals surface area contributed by atoms with Crippen LogP contribution < -0.4 is 5.32 Å². The van der Waals surface area contributed by atoms with E-state index in [1.54, 1.807) is 13.8 Å². The molecule has 0 saturated heterocycles. The van der Waals surface area contributed by atoms with Gasteiger partial charge in [0.15, 0.2) is 0 Å². The van der Waals surface area contributed by atoms with Crippen molar-refractivity contribution in [2.75, 3.05) is 5.32 Å². The number of anilines is 1. The van der Waals surface area contributed by atoms with Gasteiger partial charge in [0.2, 0.25) is 5.82 Å². The number of aromatic amines is 1. The highest BCUT2D eigenvalue weighted by Gasteiger charge is 2.30. The van der Waals surface area contributed by atoms with E-state index in [2.05, 4.69) is 10.3 Å². The summed E-state index contributed by atoms with van der Waals surface area (Å²) in [6, 6.07) is 1.87. The van der Waals surface area contributed by atoms with Crippen molar-refractivity contribution in [2.45, 2.75) is 13.8 Å². The Balaban J connectivity index is 2.18. The number of fused-ring (bicyclic) bond motifs is 1. The van der Waals surface area contributed by atoms with E-state index < -0.39 is 28.3 Å². The molecule has 9 heteroatoms. The van der Waals surface area contributed by atoms with Crippen LogP contribution in [0.25, 0.3) is 11.6 Å². The predicted octanol–water partition coefficient (Wildman–Crippen LogP) is 2.87. The van der Waals surface area contributed by atoms with Gasteiger partial charge < -0.3 is 15.4 Å². The largest absolute Gasteiger partial charge is 0.478 e. The second kappa shape index (κ2) is 5.55. The third-order valence-electron chi connectivity index (χ3n) is 4.05. The van der Waals surface area contributed by atoms with E-state index in [1.807, 2.05) is 0 Å². The fourth-order valence-corrected chi connectivity index (χ4v) is 2.87. The normalized spacial score (nSPS) is 14.5. The Morgan fingerprint density at radius 2 is 2.04 bits per heavy atom. The molecule has 1 aromatic carbocycles. The van der Waals surface area contributed by atoms with Gasteiger partial charge in [-0.15, -0.1) is 0 Å². The second-order valence-electron chi connectivity index (χ2n) is 5.59. The number of aryl methyl sites for hydroxylation is 1. The summed E-state index contributed by atoms with van der Waals surface area (Å²) in [6.45, 7) is 3.17. The fourth-order valence-electron chi connectivity index (χ4n) is 2.87. The lowest BCUT2D eigenvalue weighted by Crippen LogP contribution is -2.03. The SMILES string of the molecule is Cc1[nH]c(/C=C2\C(=O)Nc3cc(F)c([N+](=O)[O-])cc32)c(C)c1C(=O)O. The maximum Gasteiger partial charge on any atom is 0.337 e. The van der Waals surface area contributed by atoms with E-state index in [1.165, 1.54) is 6.08 Å². The number of nitro benzene ring substituents is 1. The highest BCUT2D eigenvalue weighted by molar-refractivity contribution is 6.35. The Labute approximate surface area is 140 Å². The van der Waals surface area contributed by atoms with Crippen LogP contribution in [0.4, 0.5) is 15.8 Å². The highest BCUT2D eigenvalue weighted by Crippen LogP contribution is 2.37. The summed E-state index contributed by atoms with van der Waals surface area (Å²) in [5.41, 5.74) is 0.970. The molecule has 25 heavy (non-hydrogen) atoms. The number of amides is 1. The molecule has 2 aromatic rings. The molecule has 1 aliphatic heterocycles. The number of carbonyl (C=O) groups is 2. The number of carboxylic acid groups (broad SMARTS) is 1. The molecule has 1 aromatic heterocycles. The van der Waals surface area contributed by atoms with Crippen molar-refractivity contribution in [1.82, 2.24) is 4.98 Å². The summed E-state index contributed by atoms with van der Waals surface area (Å²) >= 11 is 0. The van der Waals surface area contributed by atoms with Gasteiger partial charge in [0.05, 0.1) is 21.7 Å². The van der Waals surface area contributed by atoms with Crippen molar-refractivity contribution in [3.05, 3.63) is 56.1 Å². The monoisotopic (exact) mass is 345 g/mol. The highest BCUT2D eigenvalue weighted by atomic mass is 19.1. The summed E-state index contributed by atoms with van der Waals surface area (Å²) in [4.78, 5) is 36.4. The van der Waals surface area contributed by atoms with Gasteiger partial charge in [-0.1, -0.05) is 0 Å². The first-order chi connectivity index (χ1) is 11.7. The molecule has 128 valence electrons. The first-order valence-electron chi connectivity index (χ1n) is 7.14. The van der Waals surface area contributed by atoms with Crippen LogP contribution in [0.5, 0.6) is 0 Å². The molecule has 0 bridgehead atoms. The fraction of sp³-hybridized carbons (Fsp3) is 0.125. The standard InChI is InChI=1S/C16H12FN3O5/c1-6-11(18-7(2)14(6)16(22)23)3-9-8-4-13(20(24)25)10(17)5-12(8)19-15(9)21/h3-5,18H,1-2H3,(H,19,21)(H,22,23)/b9-3-. The van der Waals surface area contributed by atoms with Gasteiger partial charge in [-0.3, -0.25) is 14.9 Å². The lowest BCUT2D eigenvalue weighted by atomic mass is 10.0. The summed E-state index contributed by atoms with van der Waals surface area (Å²) < 4.78 is 13.7. The zero-order chi connectivity index (χ0) is 18.5. The summed E-state index contributed by atoms with van der Waals surface area (Å²) in [6.07, 6.45) is 1.40. The Morgan fingerprint density at radius 3 is 2.60 bits per heavy atom. The zero-order valence-corrected chi connectivity index (χ0v) is 13.1. The zero-order valence-electron chi connectivity index (χ0n) is 13.1. The van der Waals surface area contributed by atoms with Gasteiger partial charge in [-0.05, 0) is 25.5 Å². The molecular weight excluding hydrogens is 333 g/mol. The molecule has 0 saturated carbocycles. The minimum Gasteiger partial charge on any atom is -0.478 e. The second-order valence-corrected chi connectivity index (χ2v) is 5.59. The number of nitrogens with one attached hydrogen (secondary N) is 2. The van der Waals surface area contributed by atoms with Crippen molar-refractivity contribution < 1.29 is 24.0 Å². The molecule has 8 nitrogen and oxygen atoms in total.